The van der Waals surface area contributed by atoms with Gasteiger partial charge in [-0.25, -0.2) is 13.9 Å². The van der Waals surface area contributed by atoms with Crippen molar-refractivity contribution in [2.45, 2.75) is 6.92 Å². The molecule has 0 aliphatic carbocycles. The molecule has 3 aromatic rings. The summed E-state index contributed by atoms with van der Waals surface area (Å²) in [4.78, 5) is 24.9. The first-order valence-electron chi connectivity index (χ1n) is 7.45. The van der Waals surface area contributed by atoms with Crippen LogP contribution in [0.25, 0.3) is 16.9 Å². The molecule has 1 N–H and O–H groups in total. The number of carbonyl (C=O) groups is 1. The van der Waals surface area contributed by atoms with Crippen molar-refractivity contribution in [3.8, 4) is 16.9 Å². The summed E-state index contributed by atoms with van der Waals surface area (Å²) in [5, 5.41) is 2.92. The van der Waals surface area contributed by atoms with Gasteiger partial charge in [0.05, 0.1) is 18.0 Å². The lowest BCUT2D eigenvalue weighted by Gasteiger charge is -2.03. The summed E-state index contributed by atoms with van der Waals surface area (Å²) in [6, 6.07) is 14.4. The molecule has 3 rings (SSSR count). The number of carbonyl (C=O) groups excluding carboxylic acids is 1. The smallest absolute Gasteiger partial charge is 0.346 e. The molecule has 5 nitrogen and oxygen atoms in total. The second-order valence-corrected chi connectivity index (χ2v) is 5.07. The molecule has 24 heavy (non-hydrogen) atoms. The topological polar surface area (TPSA) is 64.1 Å². The lowest BCUT2D eigenvalue weighted by atomic mass is 10.1. The Morgan fingerprint density at radius 1 is 1.12 bits per heavy atom. The Morgan fingerprint density at radius 3 is 2.42 bits per heavy atom. The number of H-pyrrole nitrogens is 1. The number of hydrogen-bond donors (Lipinski definition) is 1. The number of rotatable bonds is 4. The Bertz CT molecular complexity index is 912. The minimum atomic E-state index is -0.715. The Labute approximate surface area is 137 Å². The fourth-order valence-corrected chi connectivity index (χ4v) is 2.41. The molecular weight excluding hydrogens is 311 g/mol. The van der Waals surface area contributed by atoms with E-state index in [1.54, 1.807) is 31.2 Å². The standard InChI is InChI=1S/C18H15FN2O3/c1-2-24-18(23)15-16(12-8-10-13(19)11-9-12)20-21(17(15)22)14-6-4-3-5-7-14/h3-11,20H,2H2,1H3. The van der Waals surface area contributed by atoms with Crippen LogP contribution in [0.4, 0.5) is 4.39 Å². The number of benzene rings is 2. The van der Waals surface area contributed by atoms with Gasteiger partial charge in [0.1, 0.15) is 5.82 Å². The molecule has 0 aliphatic rings. The van der Waals surface area contributed by atoms with E-state index >= 15 is 0 Å². The zero-order chi connectivity index (χ0) is 17.1. The van der Waals surface area contributed by atoms with Crippen molar-refractivity contribution in [3.05, 3.63) is 76.3 Å². The van der Waals surface area contributed by atoms with E-state index in [-0.39, 0.29) is 12.2 Å². The molecule has 122 valence electrons. The molecule has 0 atom stereocenters. The summed E-state index contributed by atoms with van der Waals surface area (Å²) in [5.41, 5.74) is 0.779. The second-order valence-electron chi connectivity index (χ2n) is 5.07. The molecule has 0 unspecified atom stereocenters. The van der Waals surface area contributed by atoms with Gasteiger partial charge in [-0.2, -0.15) is 0 Å². The number of ether oxygens (including phenoxy) is 1. The third-order valence-corrected chi connectivity index (χ3v) is 3.52. The molecule has 1 heterocycles. The number of aromatic nitrogens is 2. The SMILES string of the molecule is CCOC(=O)c1c(-c2ccc(F)cc2)[nH]n(-c2ccccc2)c1=O. The lowest BCUT2D eigenvalue weighted by Crippen LogP contribution is -2.21. The molecule has 0 aliphatic heterocycles. The van der Waals surface area contributed by atoms with Gasteiger partial charge in [0.25, 0.3) is 5.56 Å². The Hall–Kier alpha value is -3.15. The third kappa shape index (κ3) is 2.86. The van der Waals surface area contributed by atoms with Crippen LogP contribution in [0.15, 0.2) is 59.4 Å². The quantitative estimate of drug-likeness (QED) is 0.749. The Morgan fingerprint density at radius 2 is 1.79 bits per heavy atom. The fraction of sp³-hybridized carbons (Fsp3) is 0.111. The summed E-state index contributed by atoms with van der Waals surface area (Å²) in [6.45, 7) is 1.81. The number of aromatic amines is 1. The maximum atomic E-state index is 13.2. The zero-order valence-corrected chi connectivity index (χ0v) is 13.0. The number of halogens is 1. The average molecular weight is 326 g/mol. The maximum Gasteiger partial charge on any atom is 0.346 e. The number of hydrogen-bond acceptors (Lipinski definition) is 3. The number of esters is 1. The van der Waals surface area contributed by atoms with Crippen molar-refractivity contribution in [2.75, 3.05) is 6.61 Å². The van der Waals surface area contributed by atoms with Crippen LogP contribution >= 0.6 is 0 Å². The summed E-state index contributed by atoms with van der Waals surface area (Å²) < 4.78 is 19.4. The van der Waals surface area contributed by atoms with Gasteiger partial charge < -0.3 is 4.74 Å². The van der Waals surface area contributed by atoms with Gasteiger partial charge in [-0.3, -0.25) is 9.89 Å². The second kappa shape index (κ2) is 6.54. The first-order chi connectivity index (χ1) is 11.6. The van der Waals surface area contributed by atoms with Crippen molar-refractivity contribution >= 4 is 5.97 Å². The van der Waals surface area contributed by atoms with E-state index in [9.17, 15) is 14.0 Å². The minimum absolute atomic E-state index is 0.104. The Balaban J connectivity index is 2.21. The van der Waals surface area contributed by atoms with Crippen molar-refractivity contribution in [2.24, 2.45) is 0 Å². The predicted molar refractivity (Wildman–Crippen MR) is 87.7 cm³/mol. The van der Waals surface area contributed by atoms with Gasteiger partial charge in [-0.05, 0) is 43.3 Å². The highest BCUT2D eigenvalue weighted by Crippen LogP contribution is 2.22. The molecule has 0 fully saturated rings. The molecule has 0 saturated carbocycles. The summed E-state index contributed by atoms with van der Waals surface area (Å²) in [7, 11) is 0. The molecule has 2 aromatic carbocycles. The molecule has 0 bridgehead atoms. The van der Waals surface area contributed by atoms with Crippen LogP contribution in [0.5, 0.6) is 0 Å². The van der Waals surface area contributed by atoms with Crippen LogP contribution in [0, 0.1) is 5.82 Å². The molecule has 0 saturated heterocycles. The van der Waals surface area contributed by atoms with E-state index < -0.39 is 17.3 Å². The monoisotopic (exact) mass is 326 g/mol. The first-order valence-corrected chi connectivity index (χ1v) is 7.45. The van der Waals surface area contributed by atoms with Crippen LogP contribution in [0.1, 0.15) is 17.3 Å². The third-order valence-electron chi connectivity index (χ3n) is 3.52. The number of nitrogens with one attached hydrogen (secondary N) is 1. The van der Waals surface area contributed by atoms with Crippen molar-refractivity contribution in [3.63, 3.8) is 0 Å². The molecule has 1 aromatic heterocycles. The first kappa shape index (κ1) is 15.7. The van der Waals surface area contributed by atoms with Gasteiger partial charge in [-0.15, -0.1) is 0 Å². The van der Waals surface area contributed by atoms with Crippen LogP contribution in [0.2, 0.25) is 0 Å². The van der Waals surface area contributed by atoms with Gasteiger partial charge >= 0.3 is 5.97 Å². The summed E-state index contributed by atoms with van der Waals surface area (Å²) in [5.74, 6) is -1.12. The zero-order valence-electron chi connectivity index (χ0n) is 13.0. The summed E-state index contributed by atoms with van der Waals surface area (Å²) >= 11 is 0. The van der Waals surface area contributed by atoms with E-state index in [0.29, 0.717) is 16.9 Å². The van der Waals surface area contributed by atoms with Crippen molar-refractivity contribution in [1.82, 2.24) is 9.78 Å². The van der Waals surface area contributed by atoms with Crippen molar-refractivity contribution in [1.29, 1.82) is 0 Å². The molecular formula is C18H15FN2O3. The highest BCUT2D eigenvalue weighted by atomic mass is 19.1. The van der Waals surface area contributed by atoms with Gasteiger partial charge in [0.2, 0.25) is 0 Å². The molecule has 6 heteroatoms. The molecule has 0 radical (unpaired) electrons. The highest BCUT2D eigenvalue weighted by molar-refractivity contribution is 5.96. The number of nitrogens with zero attached hydrogens (tertiary/aromatic N) is 1. The van der Waals surface area contributed by atoms with Crippen molar-refractivity contribution < 1.29 is 13.9 Å². The highest BCUT2D eigenvalue weighted by Gasteiger charge is 2.24. The van der Waals surface area contributed by atoms with E-state index in [1.807, 2.05) is 6.07 Å². The Kier molecular flexibility index (Phi) is 4.29. The molecule has 0 spiro atoms. The summed E-state index contributed by atoms with van der Waals surface area (Å²) in [6.07, 6.45) is 0. The van der Waals surface area contributed by atoms with Gasteiger partial charge in [0.15, 0.2) is 5.56 Å². The van der Waals surface area contributed by atoms with Gasteiger partial charge in [0, 0.05) is 5.56 Å². The number of para-hydroxylation sites is 1. The minimum Gasteiger partial charge on any atom is -0.462 e. The lowest BCUT2D eigenvalue weighted by molar-refractivity contribution is 0.0525. The predicted octanol–water partition coefficient (Wildman–Crippen LogP) is 3.15. The van der Waals surface area contributed by atoms with Crippen LogP contribution in [-0.4, -0.2) is 22.4 Å². The van der Waals surface area contributed by atoms with E-state index in [1.165, 1.54) is 28.9 Å². The normalized spacial score (nSPS) is 10.6. The maximum absolute atomic E-state index is 13.2. The van der Waals surface area contributed by atoms with Gasteiger partial charge in [-0.1, -0.05) is 18.2 Å². The van der Waals surface area contributed by atoms with Crippen LogP contribution < -0.4 is 5.56 Å². The molecule has 0 amide bonds. The largest absolute Gasteiger partial charge is 0.462 e. The fourth-order valence-electron chi connectivity index (χ4n) is 2.41. The van der Waals surface area contributed by atoms with E-state index in [4.69, 9.17) is 4.74 Å². The van der Waals surface area contributed by atoms with E-state index in [0.717, 1.165) is 0 Å². The van der Waals surface area contributed by atoms with E-state index in [2.05, 4.69) is 5.10 Å². The van der Waals surface area contributed by atoms with Crippen LogP contribution in [-0.2, 0) is 4.74 Å². The van der Waals surface area contributed by atoms with Crippen LogP contribution in [0.3, 0.4) is 0 Å². The average Bonchev–Trinajstić information content (AvgIpc) is 2.94.